The van der Waals surface area contributed by atoms with E-state index in [1.807, 2.05) is 250 Å². The molecular weight excluding hydrogens is 1620 g/mol. The van der Waals surface area contributed by atoms with Crippen LogP contribution in [0.3, 0.4) is 0 Å². The second-order valence-corrected chi connectivity index (χ2v) is 30.4. The number of carboxylic acids is 4. The molecular formula is C106H81N9O14. The minimum absolute atomic E-state index is 0.201. The summed E-state index contributed by atoms with van der Waals surface area (Å²) in [6.07, 6.45) is 20.0. The number of nitrogens with zero attached hydrogens (tertiary/aromatic N) is 9. The molecule has 0 bridgehead atoms. The van der Waals surface area contributed by atoms with Gasteiger partial charge in [-0.3, -0.25) is 65.4 Å². The van der Waals surface area contributed by atoms with Gasteiger partial charge in [0.25, 0.3) is 27.8 Å². The molecule has 19 aromatic rings. The monoisotopic (exact) mass is 1700 g/mol. The van der Waals surface area contributed by atoms with Gasteiger partial charge >= 0.3 is 23.9 Å². The van der Waals surface area contributed by atoms with Gasteiger partial charge in [0.1, 0.15) is 22.3 Å². The summed E-state index contributed by atoms with van der Waals surface area (Å²) in [5.41, 5.74) is 18.6. The summed E-state index contributed by atoms with van der Waals surface area (Å²) >= 11 is 0. The zero-order valence-corrected chi connectivity index (χ0v) is 69.7. The van der Waals surface area contributed by atoms with Crippen molar-refractivity contribution in [1.29, 1.82) is 0 Å². The van der Waals surface area contributed by atoms with E-state index in [1.165, 1.54) is 48.8 Å². The summed E-state index contributed by atoms with van der Waals surface area (Å²) < 4.78 is 8.88. The Morgan fingerprint density at radius 2 is 0.566 bits per heavy atom. The Morgan fingerprint density at radius 3 is 0.876 bits per heavy atom. The Morgan fingerprint density at radius 1 is 0.279 bits per heavy atom. The number of benzene rings is 6. The minimum Gasteiger partial charge on any atom is -0.477 e. The van der Waals surface area contributed by atoms with Crippen LogP contribution in [0.25, 0.3) is 72.2 Å². The number of aromatic carboxylic acids is 4. The van der Waals surface area contributed by atoms with Gasteiger partial charge in [-0.05, 0) is 232 Å². The van der Waals surface area contributed by atoms with Gasteiger partial charge in [-0.2, -0.15) is 5.10 Å². The van der Waals surface area contributed by atoms with E-state index in [9.17, 15) is 68.4 Å². The summed E-state index contributed by atoms with van der Waals surface area (Å²) in [7, 11) is 1.88. The third-order valence-corrected chi connectivity index (χ3v) is 21.8. The quantitative estimate of drug-likeness (QED) is 0.0547. The number of pyridine rings is 12. The number of carbonyl (C=O) groups is 5. The molecule has 19 rings (SSSR count). The summed E-state index contributed by atoms with van der Waals surface area (Å²) in [6, 6.07) is 96.8. The number of rotatable bonds is 19. The molecule has 634 valence electrons. The van der Waals surface area contributed by atoms with Gasteiger partial charge in [0, 0.05) is 73.9 Å². The third-order valence-electron chi connectivity index (χ3n) is 21.8. The average Bonchev–Trinajstić information content (AvgIpc) is 1.70. The lowest BCUT2D eigenvalue weighted by Gasteiger charge is -2.10. The second kappa shape index (κ2) is 39.4. The first-order chi connectivity index (χ1) is 62.6. The Labute approximate surface area is 736 Å². The fourth-order valence-electron chi connectivity index (χ4n) is 15.4. The van der Waals surface area contributed by atoms with Crippen molar-refractivity contribution in [3.05, 3.63) is 507 Å². The number of ketones is 1. The van der Waals surface area contributed by atoms with Crippen molar-refractivity contribution in [3.8, 4) is 44.6 Å². The molecule has 0 aliphatic carbocycles. The first kappa shape index (κ1) is 86.5. The lowest BCUT2D eigenvalue weighted by atomic mass is 9.99. The summed E-state index contributed by atoms with van der Waals surface area (Å²) in [6.45, 7) is 1.43. The molecule has 129 heavy (non-hydrogen) atoms. The van der Waals surface area contributed by atoms with Crippen molar-refractivity contribution in [3.63, 3.8) is 0 Å². The molecule has 23 nitrogen and oxygen atoms in total. The predicted octanol–water partition coefficient (Wildman–Crippen LogP) is 17.6. The van der Waals surface area contributed by atoms with Gasteiger partial charge in [0.15, 0.2) is 5.78 Å². The van der Waals surface area contributed by atoms with Crippen molar-refractivity contribution in [2.24, 2.45) is 7.05 Å². The van der Waals surface area contributed by atoms with E-state index in [1.54, 1.807) is 88.9 Å². The van der Waals surface area contributed by atoms with Crippen LogP contribution in [-0.2, 0) is 39.2 Å². The molecule has 0 radical (unpaired) electrons. The van der Waals surface area contributed by atoms with Crippen molar-refractivity contribution in [2.75, 3.05) is 0 Å². The van der Waals surface area contributed by atoms with Crippen LogP contribution >= 0.6 is 0 Å². The smallest absolute Gasteiger partial charge is 0.341 e. The summed E-state index contributed by atoms with van der Waals surface area (Å²) in [5.74, 6) is -5.06. The average molecular weight is 1700 g/mol. The number of hydrogen-bond acceptors (Lipinski definition) is 13. The molecule has 6 aromatic carbocycles. The van der Waals surface area contributed by atoms with Crippen LogP contribution in [0.1, 0.15) is 114 Å². The first-order valence-electron chi connectivity index (χ1n) is 41.0. The van der Waals surface area contributed by atoms with E-state index in [4.69, 9.17) is 0 Å². The highest BCUT2D eigenvalue weighted by atomic mass is 16.4. The van der Waals surface area contributed by atoms with Crippen LogP contribution in [0.4, 0.5) is 0 Å². The molecule has 0 saturated carbocycles. The fraction of sp³-hybridized carbons (Fsp3) is 0.0660. The van der Waals surface area contributed by atoms with Crippen molar-refractivity contribution < 1.29 is 44.4 Å². The molecule has 0 spiro atoms. The van der Waals surface area contributed by atoms with E-state index in [0.29, 0.717) is 48.7 Å². The second-order valence-electron chi connectivity index (χ2n) is 30.4. The van der Waals surface area contributed by atoms with Gasteiger partial charge in [-0.1, -0.05) is 200 Å². The maximum atomic E-state index is 12.4. The number of carboxylic acid groups (broad SMARTS) is 4. The fourth-order valence-corrected chi connectivity index (χ4v) is 15.4. The van der Waals surface area contributed by atoms with Gasteiger partial charge in [0.05, 0.1) is 45.0 Å². The van der Waals surface area contributed by atoms with E-state index in [0.717, 1.165) is 111 Å². The molecule has 0 saturated heterocycles. The summed E-state index contributed by atoms with van der Waals surface area (Å²) in [5, 5.41) is 41.6. The van der Waals surface area contributed by atoms with Crippen LogP contribution in [0.2, 0.25) is 0 Å². The molecule has 13 heterocycles. The highest BCUT2D eigenvalue weighted by molar-refractivity contribution is 5.95. The highest BCUT2D eigenvalue weighted by Crippen LogP contribution is 2.28. The highest BCUT2D eigenvalue weighted by Gasteiger charge is 2.21. The van der Waals surface area contributed by atoms with Crippen LogP contribution in [-0.4, -0.2) is 91.8 Å². The largest absolute Gasteiger partial charge is 0.477 e. The normalized spacial score (nSPS) is 10.8. The lowest BCUT2D eigenvalue weighted by Crippen LogP contribution is -2.23. The van der Waals surface area contributed by atoms with E-state index in [2.05, 4.69) is 39.3 Å². The SMILES string of the molecule is CC(=O)c1cc(Cc2ccccc2)c2ccccn2c1=O.Cn1cc(-c2ccc(Cc3cc(C(=O)O)c(=O)n4ccccc34)cc2)cn1.O=C(O)c1cc(Cc2ccc(-c3ccccc3)cc2)c2ccccn2c1=O.O=C(O)c1cc(Cc2ccc(-c3ccccn3)cc2)c2ccccn2c1=O.O=C(O)c1cc(Cc2ccc(-c3cccnc3)cc2)c2ccccn2c1=O. The Hall–Kier alpha value is -17.5. The molecule has 0 unspecified atom stereocenters. The van der Waals surface area contributed by atoms with Crippen molar-refractivity contribution in [2.45, 2.75) is 39.0 Å². The topological polar surface area (TPSA) is 317 Å². The van der Waals surface area contributed by atoms with Gasteiger partial charge in [-0.15, -0.1) is 0 Å². The zero-order valence-electron chi connectivity index (χ0n) is 69.7. The lowest BCUT2D eigenvalue weighted by molar-refractivity contribution is 0.0683. The number of carbonyl (C=O) groups excluding carboxylic acids is 1. The maximum Gasteiger partial charge on any atom is 0.341 e. The first-order valence-corrected chi connectivity index (χ1v) is 41.0. The standard InChI is InChI=1S/C23H17NO3.2C22H16N2O3.C21H17N3O3.C18H15NO2/c25-22-20(23(26)27)15-19(21-8-4-5-13-24(21)22)14-16-9-11-18(12-10-16)17-6-2-1-3-7-17;25-21-18(22(26)27)14-17(20-6-2-4-12-24(20)21)13-15-7-9-16(10-8-15)19-5-1-3-11-23-19;25-21-19(22(26)27)13-18(20-5-1-2-11-24(20)21)12-15-6-8-16(9-7-15)17-4-3-10-23-14-17;1-23-13-17(12-22-23)15-7-5-14(6-8-15)10-16-11-18(21(26)27)20(25)24-9-3-2-4-19(16)24;1-13(20)16-12-15(11-14-7-3-2-4-8-14)17-9-5-6-10-19(17)18(16)21/h1-13,15H,14H2,(H,26,27);1-12,14H,13H2,(H,26,27);1-11,13-14H,12H2,(H,26,27);2-9,11-13H,10H2,1H3,(H,26,27);2-10,12H,11H2,1H3. The van der Waals surface area contributed by atoms with Crippen molar-refractivity contribution in [1.82, 2.24) is 41.8 Å². The number of aromatic nitrogens is 9. The molecule has 0 fully saturated rings. The number of hydrogen-bond donors (Lipinski definition) is 4. The van der Waals surface area contributed by atoms with E-state index < -0.39 is 46.1 Å². The van der Waals surface area contributed by atoms with E-state index >= 15 is 0 Å². The molecule has 0 aliphatic heterocycles. The predicted molar refractivity (Wildman–Crippen MR) is 497 cm³/mol. The van der Waals surface area contributed by atoms with E-state index in [-0.39, 0.29) is 39.2 Å². The molecule has 23 heteroatoms. The van der Waals surface area contributed by atoms with Gasteiger partial charge in [0.2, 0.25) is 0 Å². The van der Waals surface area contributed by atoms with Crippen LogP contribution < -0.4 is 27.8 Å². The number of fused-ring (bicyclic) bond motifs is 5. The molecule has 4 N–H and O–H groups in total. The number of aryl methyl sites for hydroxylation is 1. The van der Waals surface area contributed by atoms with Gasteiger partial charge in [-0.25, -0.2) is 19.2 Å². The molecule has 0 aliphatic rings. The molecule has 0 amide bonds. The number of Topliss-reactive ketones (excluding diaryl/α,β-unsaturated/α-hetero) is 1. The molecule has 0 atom stereocenters. The van der Waals surface area contributed by atoms with Crippen LogP contribution in [0.15, 0.2) is 395 Å². The zero-order chi connectivity index (χ0) is 90.2. The van der Waals surface area contributed by atoms with Gasteiger partial charge < -0.3 is 20.4 Å². The van der Waals surface area contributed by atoms with Crippen LogP contribution in [0.5, 0.6) is 0 Å². The van der Waals surface area contributed by atoms with Crippen LogP contribution in [0, 0.1) is 0 Å². The maximum absolute atomic E-state index is 12.4. The Bertz CT molecular complexity index is 7270. The molecule has 13 aromatic heterocycles. The summed E-state index contributed by atoms with van der Waals surface area (Å²) in [4.78, 5) is 128. The van der Waals surface area contributed by atoms with Crippen molar-refractivity contribution >= 4 is 57.2 Å². The third kappa shape index (κ3) is 20.1. The Balaban J connectivity index is 0.000000124. The Kier molecular flexibility index (Phi) is 26.4. The minimum atomic E-state index is -1.22.